The first kappa shape index (κ1) is 17.8. The van der Waals surface area contributed by atoms with Crippen molar-refractivity contribution >= 4 is 28.1 Å². The number of hydrogen-bond acceptors (Lipinski definition) is 7. The molecule has 0 aliphatic rings. The van der Waals surface area contributed by atoms with E-state index in [0.29, 0.717) is 0 Å². The quantitative estimate of drug-likeness (QED) is 0.756. The second-order valence-electron chi connectivity index (χ2n) is 4.15. The van der Waals surface area contributed by atoms with Crippen LogP contribution in [0.1, 0.15) is 0 Å². The minimum absolute atomic E-state index is 0.421. The normalized spacial score (nSPS) is 12.9. The minimum atomic E-state index is -5.44. The van der Waals surface area contributed by atoms with Crippen LogP contribution in [0.4, 0.5) is 0 Å². The van der Waals surface area contributed by atoms with Crippen LogP contribution in [0.3, 0.4) is 0 Å². The molecule has 0 amide bonds. The molecule has 0 atom stereocenters. The second-order valence-corrected chi connectivity index (χ2v) is 9.04. The van der Waals surface area contributed by atoms with Gasteiger partial charge >= 0.3 is 28.1 Å². The molecule has 0 spiro atoms. The van der Waals surface area contributed by atoms with Gasteiger partial charge in [-0.2, -0.15) is 24.8 Å². The zero-order valence-electron chi connectivity index (χ0n) is 11.3. The fourth-order valence-corrected chi connectivity index (χ4v) is 5.50. The molecule has 23 heavy (non-hydrogen) atoms. The largest absolute Gasteiger partial charge is 0.502 e. The molecule has 124 valence electrons. The Balaban J connectivity index is 2.25. The zero-order valence-corrected chi connectivity index (χ0v) is 13.9. The Kier molecular flexibility index (Phi) is 5.04. The van der Waals surface area contributed by atoms with Crippen LogP contribution in [-0.4, -0.2) is 21.7 Å². The molecule has 0 heterocycles. The molecule has 2 rings (SSSR count). The summed E-state index contributed by atoms with van der Waals surface area (Å²) in [7, 11) is -14.8. The third-order valence-corrected chi connectivity index (χ3v) is 7.22. The van der Waals surface area contributed by atoms with Gasteiger partial charge in [-0.05, 0) is 24.3 Å². The Hall–Kier alpha value is -1.55. The molecule has 2 aromatic carbocycles. The summed E-state index contributed by atoms with van der Waals surface area (Å²) < 4.78 is 67.2. The van der Waals surface area contributed by atoms with E-state index < -0.39 is 37.8 Å². The summed E-state index contributed by atoms with van der Waals surface area (Å²) in [6.07, 6.45) is 0. The van der Waals surface area contributed by atoms with Crippen molar-refractivity contribution in [2.45, 2.75) is 9.79 Å². The first-order valence-corrected chi connectivity index (χ1v) is 10.3. The summed E-state index contributed by atoms with van der Waals surface area (Å²) in [6.45, 7) is 0. The van der Waals surface area contributed by atoms with E-state index in [4.69, 9.17) is 0 Å². The molecule has 0 saturated heterocycles. The molecular formula is C12H11O8PS2. The topological polar surface area (TPSA) is 124 Å². The molecule has 11 heteroatoms. The van der Waals surface area contributed by atoms with Crippen LogP contribution in [0, 0.1) is 0 Å². The van der Waals surface area contributed by atoms with Gasteiger partial charge in [0.15, 0.2) is 0 Å². The lowest BCUT2D eigenvalue weighted by molar-refractivity contribution is 0.294. The molecule has 2 aromatic rings. The smallest absolute Gasteiger partial charge is 0.301 e. The Bertz CT molecular complexity index is 848. The molecule has 0 radical (unpaired) electrons. The summed E-state index contributed by atoms with van der Waals surface area (Å²) in [6, 6.07) is 12.9. The average molecular weight is 378 g/mol. The summed E-state index contributed by atoms with van der Waals surface area (Å²) in [5.74, 6) is 0. The SMILES string of the molecule is O=P(O)(OS(=O)(=O)c1ccccc1)OS(=O)(=O)c1ccccc1. The second kappa shape index (κ2) is 6.52. The van der Waals surface area contributed by atoms with E-state index in [1.54, 1.807) is 0 Å². The van der Waals surface area contributed by atoms with E-state index in [0.717, 1.165) is 24.3 Å². The fourth-order valence-electron chi connectivity index (χ4n) is 1.52. The highest BCUT2D eigenvalue weighted by atomic mass is 32.2. The Labute approximate surface area is 133 Å². The van der Waals surface area contributed by atoms with Gasteiger partial charge in [-0.25, -0.2) is 4.57 Å². The summed E-state index contributed by atoms with van der Waals surface area (Å²) in [5.41, 5.74) is 0. The molecular weight excluding hydrogens is 367 g/mol. The molecule has 0 aliphatic carbocycles. The minimum Gasteiger partial charge on any atom is -0.301 e. The van der Waals surface area contributed by atoms with Gasteiger partial charge in [-0.1, -0.05) is 36.4 Å². The van der Waals surface area contributed by atoms with Crippen molar-refractivity contribution in [2.24, 2.45) is 0 Å². The number of phosphoric acid groups is 1. The summed E-state index contributed by atoms with van der Waals surface area (Å²) in [4.78, 5) is 8.62. The van der Waals surface area contributed by atoms with Crippen LogP contribution in [0.15, 0.2) is 70.5 Å². The van der Waals surface area contributed by atoms with Crippen LogP contribution in [-0.2, 0) is 32.7 Å². The van der Waals surface area contributed by atoms with Gasteiger partial charge < -0.3 is 4.89 Å². The lowest BCUT2D eigenvalue weighted by atomic mass is 10.4. The predicted molar refractivity (Wildman–Crippen MR) is 79.3 cm³/mol. The van der Waals surface area contributed by atoms with Crippen molar-refractivity contribution in [3.8, 4) is 0 Å². The van der Waals surface area contributed by atoms with E-state index in [9.17, 15) is 26.3 Å². The van der Waals surface area contributed by atoms with Crippen LogP contribution in [0.5, 0.6) is 0 Å². The monoisotopic (exact) mass is 378 g/mol. The number of hydrogen-bond donors (Lipinski definition) is 1. The molecule has 0 saturated carbocycles. The maximum Gasteiger partial charge on any atom is 0.502 e. The zero-order chi connectivity index (χ0) is 17.1. The predicted octanol–water partition coefficient (Wildman–Crippen LogP) is 1.90. The number of benzene rings is 2. The summed E-state index contributed by atoms with van der Waals surface area (Å²) >= 11 is 0. The molecule has 0 aliphatic heterocycles. The van der Waals surface area contributed by atoms with E-state index in [2.05, 4.69) is 7.94 Å². The molecule has 8 nitrogen and oxygen atoms in total. The van der Waals surface area contributed by atoms with Crippen LogP contribution in [0.25, 0.3) is 0 Å². The Morgan fingerprint density at radius 2 is 1.00 bits per heavy atom. The van der Waals surface area contributed by atoms with E-state index >= 15 is 0 Å². The van der Waals surface area contributed by atoms with E-state index in [-0.39, 0.29) is 0 Å². The van der Waals surface area contributed by atoms with Gasteiger partial charge in [0, 0.05) is 0 Å². The van der Waals surface area contributed by atoms with Crippen molar-refractivity contribution < 1.29 is 34.2 Å². The van der Waals surface area contributed by atoms with Crippen LogP contribution in [0.2, 0.25) is 0 Å². The maximum absolute atomic E-state index is 11.8. The first-order chi connectivity index (χ1) is 10.6. The lowest BCUT2D eigenvalue weighted by Crippen LogP contribution is -2.10. The first-order valence-electron chi connectivity index (χ1n) is 5.98. The Morgan fingerprint density at radius 3 is 1.30 bits per heavy atom. The summed E-state index contributed by atoms with van der Waals surface area (Å²) in [5, 5.41) is 0. The van der Waals surface area contributed by atoms with Crippen LogP contribution < -0.4 is 0 Å². The van der Waals surface area contributed by atoms with Gasteiger partial charge in [0.25, 0.3) is 0 Å². The van der Waals surface area contributed by atoms with Gasteiger partial charge in [-0.15, -0.1) is 0 Å². The lowest BCUT2D eigenvalue weighted by Gasteiger charge is -2.12. The maximum atomic E-state index is 11.8. The highest BCUT2D eigenvalue weighted by molar-refractivity contribution is 7.94. The third kappa shape index (κ3) is 4.71. The van der Waals surface area contributed by atoms with Crippen molar-refractivity contribution in [2.75, 3.05) is 0 Å². The highest BCUT2D eigenvalue weighted by Crippen LogP contribution is 2.49. The van der Waals surface area contributed by atoms with Crippen molar-refractivity contribution in [3.05, 3.63) is 60.7 Å². The Morgan fingerprint density at radius 1 is 0.696 bits per heavy atom. The van der Waals surface area contributed by atoms with Crippen LogP contribution >= 0.6 is 7.82 Å². The molecule has 0 aromatic heterocycles. The average Bonchev–Trinajstić information content (AvgIpc) is 2.47. The van der Waals surface area contributed by atoms with Gasteiger partial charge in [0.05, 0.1) is 9.79 Å². The molecule has 0 unspecified atom stereocenters. The van der Waals surface area contributed by atoms with E-state index in [1.165, 1.54) is 36.4 Å². The fraction of sp³-hybridized carbons (Fsp3) is 0. The van der Waals surface area contributed by atoms with E-state index in [1.807, 2.05) is 0 Å². The highest BCUT2D eigenvalue weighted by Gasteiger charge is 2.37. The van der Waals surface area contributed by atoms with Gasteiger partial charge in [0.1, 0.15) is 0 Å². The number of rotatable bonds is 6. The molecule has 1 N–H and O–H groups in total. The molecule has 0 fully saturated rings. The third-order valence-electron chi connectivity index (χ3n) is 2.45. The van der Waals surface area contributed by atoms with Crippen molar-refractivity contribution in [1.29, 1.82) is 0 Å². The van der Waals surface area contributed by atoms with Gasteiger partial charge in [-0.3, -0.25) is 0 Å². The standard InChI is InChI=1S/C12H11O8PS2/c13-21(14,19-22(15,16)11-7-3-1-4-8-11)20-23(17,18)12-9-5-2-6-10-12/h1-10H,(H,13,14). The van der Waals surface area contributed by atoms with Gasteiger partial charge in [0.2, 0.25) is 0 Å². The van der Waals surface area contributed by atoms with Crippen molar-refractivity contribution in [1.82, 2.24) is 0 Å². The van der Waals surface area contributed by atoms with Crippen molar-refractivity contribution in [3.63, 3.8) is 0 Å². The molecule has 0 bridgehead atoms.